The highest BCUT2D eigenvalue weighted by molar-refractivity contribution is 9.10. The predicted octanol–water partition coefficient (Wildman–Crippen LogP) is 3.64. The average Bonchev–Trinajstić information content (AvgIpc) is 2.40. The number of rotatable bonds is 5. The van der Waals surface area contributed by atoms with Crippen molar-refractivity contribution in [2.24, 2.45) is 5.92 Å². The lowest BCUT2D eigenvalue weighted by atomic mass is 9.92. The summed E-state index contributed by atoms with van der Waals surface area (Å²) in [5.41, 5.74) is 1.90. The number of halogens is 1. The molecule has 2 N–H and O–H groups in total. The fraction of sp³-hybridized carbons (Fsp3) is 0.188. The lowest BCUT2D eigenvalue weighted by Crippen LogP contribution is -2.19. The Hall–Kier alpha value is -1.81. The van der Waals surface area contributed by atoms with Crippen molar-refractivity contribution >= 4 is 21.9 Å². The summed E-state index contributed by atoms with van der Waals surface area (Å²) in [6, 6.07) is 14.3. The molecule has 0 heterocycles. The Morgan fingerprint density at radius 3 is 2.30 bits per heavy atom. The highest BCUT2D eigenvalue weighted by Gasteiger charge is 2.18. The van der Waals surface area contributed by atoms with Crippen LogP contribution in [0.2, 0.25) is 0 Å². The third kappa shape index (κ3) is 4.10. The molecule has 0 radical (unpaired) electrons. The SMILES string of the molecule is O=C(O)C(Cc1ccc(O)cc1)Cc1cccc(Br)c1. The fourth-order valence-corrected chi connectivity index (χ4v) is 2.56. The number of benzene rings is 2. The van der Waals surface area contributed by atoms with Gasteiger partial charge in [-0.25, -0.2) is 0 Å². The van der Waals surface area contributed by atoms with Crippen LogP contribution < -0.4 is 0 Å². The molecule has 20 heavy (non-hydrogen) atoms. The molecule has 0 saturated heterocycles. The summed E-state index contributed by atoms with van der Waals surface area (Å²) < 4.78 is 0.948. The summed E-state index contributed by atoms with van der Waals surface area (Å²) in [5, 5.41) is 18.6. The molecule has 104 valence electrons. The summed E-state index contributed by atoms with van der Waals surface area (Å²) >= 11 is 3.39. The highest BCUT2D eigenvalue weighted by atomic mass is 79.9. The minimum Gasteiger partial charge on any atom is -0.508 e. The number of aromatic hydroxyl groups is 1. The van der Waals surface area contributed by atoms with Gasteiger partial charge >= 0.3 is 5.97 Å². The summed E-state index contributed by atoms with van der Waals surface area (Å²) in [6.07, 6.45) is 0.928. The van der Waals surface area contributed by atoms with E-state index in [-0.39, 0.29) is 5.75 Å². The van der Waals surface area contributed by atoms with Gasteiger partial charge in [-0.3, -0.25) is 4.79 Å². The number of carbonyl (C=O) groups is 1. The number of hydrogen-bond acceptors (Lipinski definition) is 2. The zero-order valence-electron chi connectivity index (χ0n) is 10.8. The van der Waals surface area contributed by atoms with Gasteiger partial charge in [0.15, 0.2) is 0 Å². The molecule has 1 unspecified atom stereocenters. The summed E-state index contributed by atoms with van der Waals surface area (Å²) in [6.45, 7) is 0. The zero-order valence-corrected chi connectivity index (χ0v) is 12.4. The van der Waals surface area contributed by atoms with Gasteiger partial charge in [0.05, 0.1) is 5.92 Å². The first-order chi connectivity index (χ1) is 9.54. The molecule has 0 aliphatic rings. The molecule has 0 aliphatic heterocycles. The Morgan fingerprint density at radius 1 is 1.05 bits per heavy atom. The highest BCUT2D eigenvalue weighted by Crippen LogP contribution is 2.19. The van der Waals surface area contributed by atoms with Crippen molar-refractivity contribution in [3.05, 3.63) is 64.1 Å². The number of phenolic OH excluding ortho intramolecular Hbond substituents is 1. The first kappa shape index (κ1) is 14.6. The topological polar surface area (TPSA) is 57.5 Å². The molecule has 2 aromatic carbocycles. The number of hydrogen-bond donors (Lipinski definition) is 2. The number of phenols is 1. The van der Waals surface area contributed by atoms with Crippen LogP contribution in [0.25, 0.3) is 0 Å². The van der Waals surface area contributed by atoms with Gasteiger partial charge in [-0.15, -0.1) is 0 Å². The summed E-state index contributed by atoms with van der Waals surface area (Å²) in [7, 11) is 0. The minimum atomic E-state index is -0.807. The van der Waals surface area contributed by atoms with Crippen LogP contribution >= 0.6 is 15.9 Å². The Kier molecular flexibility index (Phi) is 4.79. The van der Waals surface area contributed by atoms with Crippen LogP contribution in [0.15, 0.2) is 53.0 Å². The van der Waals surface area contributed by atoms with E-state index in [1.54, 1.807) is 24.3 Å². The average molecular weight is 335 g/mol. The van der Waals surface area contributed by atoms with Crippen molar-refractivity contribution in [1.82, 2.24) is 0 Å². The maximum Gasteiger partial charge on any atom is 0.307 e. The first-order valence-electron chi connectivity index (χ1n) is 6.30. The molecule has 3 nitrogen and oxygen atoms in total. The minimum absolute atomic E-state index is 0.188. The van der Waals surface area contributed by atoms with Crippen LogP contribution in [-0.2, 0) is 17.6 Å². The number of aliphatic carboxylic acids is 1. The normalized spacial score (nSPS) is 12.1. The van der Waals surface area contributed by atoms with Crippen LogP contribution in [0.4, 0.5) is 0 Å². The quantitative estimate of drug-likeness (QED) is 0.877. The van der Waals surface area contributed by atoms with Gasteiger partial charge < -0.3 is 10.2 Å². The fourth-order valence-electron chi connectivity index (χ4n) is 2.11. The first-order valence-corrected chi connectivity index (χ1v) is 7.09. The van der Waals surface area contributed by atoms with Gasteiger partial charge in [0.1, 0.15) is 5.75 Å². The Bertz CT molecular complexity index is 593. The molecule has 0 saturated carbocycles. The summed E-state index contributed by atoms with van der Waals surface area (Å²) in [5.74, 6) is -1.10. The third-order valence-corrected chi connectivity index (χ3v) is 3.63. The molecule has 2 aromatic rings. The van der Waals surface area contributed by atoms with E-state index in [0.717, 1.165) is 15.6 Å². The van der Waals surface area contributed by atoms with Gasteiger partial charge in [0.2, 0.25) is 0 Å². The van der Waals surface area contributed by atoms with Crippen molar-refractivity contribution < 1.29 is 15.0 Å². The molecule has 4 heteroatoms. The van der Waals surface area contributed by atoms with Crippen molar-refractivity contribution in [3.63, 3.8) is 0 Å². The monoisotopic (exact) mass is 334 g/mol. The van der Waals surface area contributed by atoms with E-state index >= 15 is 0 Å². The molecular formula is C16H15BrO3. The van der Waals surface area contributed by atoms with Crippen LogP contribution in [0.1, 0.15) is 11.1 Å². The van der Waals surface area contributed by atoms with E-state index in [9.17, 15) is 15.0 Å². The van der Waals surface area contributed by atoms with E-state index in [2.05, 4.69) is 15.9 Å². The maximum atomic E-state index is 11.4. The second-order valence-electron chi connectivity index (χ2n) is 4.74. The second kappa shape index (κ2) is 6.57. The molecule has 0 fully saturated rings. The van der Waals surface area contributed by atoms with Crippen LogP contribution in [0, 0.1) is 5.92 Å². The van der Waals surface area contributed by atoms with E-state index in [4.69, 9.17) is 0 Å². The van der Waals surface area contributed by atoms with Crippen molar-refractivity contribution in [2.75, 3.05) is 0 Å². The third-order valence-electron chi connectivity index (χ3n) is 3.14. The van der Waals surface area contributed by atoms with E-state index < -0.39 is 11.9 Å². The van der Waals surface area contributed by atoms with Crippen molar-refractivity contribution in [1.29, 1.82) is 0 Å². The van der Waals surface area contributed by atoms with Gasteiger partial charge in [-0.05, 0) is 48.2 Å². The molecule has 0 aliphatic carbocycles. The van der Waals surface area contributed by atoms with Gasteiger partial charge in [-0.1, -0.05) is 40.2 Å². The standard InChI is InChI=1S/C16H15BrO3/c17-14-3-1-2-12(10-14)9-13(16(19)20)8-11-4-6-15(18)7-5-11/h1-7,10,13,18H,8-9H2,(H,19,20). The summed E-state index contributed by atoms with van der Waals surface area (Å²) in [4.78, 5) is 11.4. The van der Waals surface area contributed by atoms with E-state index in [1.165, 1.54) is 0 Å². The lowest BCUT2D eigenvalue weighted by molar-refractivity contribution is -0.141. The van der Waals surface area contributed by atoms with Gasteiger partial charge in [0.25, 0.3) is 0 Å². The Morgan fingerprint density at radius 2 is 1.70 bits per heavy atom. The molecule has 0 amide bonds. The van der Waals surface area contributed by atoms with Crippen LogP contribution in [0.5, 0.6) is 5.75 Å². The van der Waals surface area contributed by atoms with E-state index in [1.807, 2.05) is 24.3 Å². The Labute approximate surface area is 126 Å². The van der Waals surface area contributed by atoms with Gasteiger partial charge in [-0.2, -0.15) is 0 Å². The molecule has 0 aromatic heterocycles. The van der Waals surface area contributed by atoms with Crippen LogP contribution in [0.3, 0.4) is 0 Å². The smallest absolute Gasteiger partial charge is 0.307 e. The largest absolute Gasteiger partial charge is 0.508 e. The lowest BCUT2D eigenvalue weighted by Gasteiger charge is -2.13. The zero-order chi connectivity index (χ0) is 14.5. The second-order valence-corrected chi connectivity index (χ2v) is 5.66. The molecule has 0 spiro atoms. The van der Waals surface area contributed by atoms with Crippen molar-refractivity contribution in [2.45, 2.75) is 12.8 Å². The molecular weight excluding hydrogens is 320 g/mol. The Balaban J connectivity index is 2.11. The van der Waals surface area contributed by atoms with E-state index in [0.29, 0.717) is 12.8 Å². The molecule has 0 bridgehead atoms. The predicted molar refractivity (Wildman–Crippen MR) is 80.8 cm³/mol. The number of carboxylic acid groups (broad SMARTS) is 1. The van der Waals surface area contributed by atoms with Crippen molar-refractivity contribution in [3.8, 4) is 5.75 Å². The molecule has 1 atom stereocenters. The molecule has 2 rings (SSSR count). The van der Waals surface area contributed by atoms with Gasteiger partial charge in [0, 0.05) is 4.47 Å². The maximum absolute atomic E-state index is 11.4. The van der Waals surface area contributed by atoms with Crippen LogP contribution in [-0.4, -0.2) is 16.2 Å². The number of carboxylic acids is 1.